The Bertz CT molecular complexity index is 621. The number of nitrogens with one attached hydrogen (secondary N) is 1. The highest BCUT2D eigenvalue weighted by Crippen LogP contribution is 2.21. The minimum absolute atomic E-state index is 0.500. The Morgan fingerprint density at radius 1 is 1.10 bits per heavy atom. The molecule has 1 unspecified atom stereocenters. The van der Waals surface area contributed by atoms with Crippen molar-refractivity contribution in [2.75, 3.05) is 24.5 Å². The summed E-state index contributed by atoms with van der Waals surface area (Å²) in [6, 6.07) is 11.1. The van der Waals surface area contributed by atoms with E-state index in [2.05, 4.69) is 71.5 Å². The third-order valence-corrected chi connectivity index (χ3v) is 4.15. The van der Waals surface area contributed by atoms with Gasteiger partial charge in [0.05, 0.1) is 5.69 Å². The molecule has 1 aliphatic rings. The zero-order valence-corrected chi connectivity index (χ0v) is 12.9. The first-order chi connectivity index (χ1) is 10.1. The van der Waals surface area contributed by atoms with Gasteiger partial charge in [0.1, 0.15) is 0 Å². The second-order valence-electron chi connectivity index (χ2n) is 5.88. The van der Waals surface area contributed by atoms with Gasteiger partial charge in [-0.3, -0.25) is 0 Å². The Morgan fingerprint density at radius 2 is 1.95 bits per heavy atom. The quantitative estimate of drug-likeness (QED) is 0.919. The van der Waals surface area contributed by atoms with E-state index in [0.717, 1.165) is 36.7 Å². The first-order valence-electron chi connectivity index (χ1n) is 7.53. The molecule has 0 radical (unpaired) electrons. The van der Waals surface area contributed by atoms with E-state index in [1.807, 2.05) is 0 Å². The summed E-state index contributed by atoms with van der Waals surface area (Å²) in [6.45, 7) is 9.42. The Morgan fingerprint density at radius 3 is 2.62 bits per heavy atom. The lowest BCUT2D eigenvalue weighted by Crippen LogP contribution is -2.49. The molecule has 21 heavy (non-hydrogen) atoms. The van der Waals surface area contributed by atoms with Crippen molar-refractivity contribution in [3.8, 4) is 11.3 Å². The maximum Gasteiger partial charge on any atom is 0.151 e. The van der Waals surface area contributed by atoms with Gasteiger partial charge in [-0.05, 0) is 50.1 Å². The van der Waals surface area contributed by atoms with E-state index in [-0.39, 0.29) is 0 Å². The molecule has 0 spiro atoms. The number of piperazine rings is 1. The average molecular weight is 282 g/mol. The van der Waals surface area contributed by atoms with E-state index in [1.165, 1.54) is 11.1 Å². The predicted molar refractivity (Wildman–Crippen MR) is 86.6 cm³/mol. The topological polar surface area (TPSA) is 41.0 Å². The predicted octanol–water partition coefficient (Wildman–Crippen LogP) is 2.56. The van der Waals surface area contributed by atoms with Gasteiger partial charge in [-0.2, -0.15) is 0 Å². The number of hydrogen-bond donors (Lipinski definition) is 1. The highest BCUT2D eigenvalue weighted by Gasteiger charge is 2.17. The molecule has 110 valence electrons. The Kier molecular flexibility index (Phi) is 3.88. The molecule has 1 aromatic heterocycles. The van der Waals surface area contributed by atoms with Crippen molar-refractivity contribution < 1.29 is 0 Å². The summed E-state index contributed by atoms with van der Waals surface area (Å²) in [7, 11) is 0. The third-order valence-electron chi connectivity index (χ3n) is 4.15. The second-order valence-corrected chi connectivity index (χ2v) is 5.88. The molecule has 1 atom stereocenters. The van der Waals surface area contributed by atoms with Gasteiger partial charge in [-0.15, -0.1) is 10.2 Å². The summed E-state index contributed by atoms with van der Waals surface area (Å²) in [5, 5.41) is 12.3. The standard InChI is InChI=1S/C17H22N4/c1-12-4-5-15(10-13(12)2)16-6-7-17(20-19-16)21-9-8-18-14(3)11-21/h4-7,10,14,18H,8-9,11H2,1-3H3. The smallest absolute Gasteiger partial charge is 0.151 e. The van der Waals surface area contributed by atoms with Crippen molar-refractivity contribution in [1.82, 2.24) is 15.5 Å². The lowest BCUT2D eigenvalue weighted by molar-refractivity contribution is 0.481. The number of aryl methyl sites for hydroxylation is 2. The summed E-state index contributed by atoms with van der Waals surface area (Å²) in [6.07, 6.45) is 0. The molecule has 4 nitrogen and oxygen atoms in total. The van der Waals surface area contributed by atoms with Crippen LogP contribution in [0.4, 0.5) is 5.82 Å². The summed E-state index contributed by atoms with van der Waals surface area (Å²) in [4.78, 5) is 2.29. The van der Waals surface area contributed by atoms with Crippen molar-refractivity contribution >= 4 is 5.82 Å². The number of nitrogens with zero attached hydrogens (tertiary/aromatic N) is 3. The van der Waals surface area contributed by atoms with Gasteiger partial charge in [-0.25, -0.2) is 0 Å². The molecule has 3 rings (SSSR count). The maximum atomic E-state index is 4.41. The van der Waals surface area contributed by atoms with Crippen LogP contribution in [-0.4, -0.2) is 35.9 Å². The van der Waals surface area contributed by atoms with Gasteiger partial charge in [-0.1, -0.05) is 12.1 Å². The van der Waals surface area contributed by atoms with E-state index < -0.39 is 0 Å². The van der Waals surface area contributed by atoms with E-state index in [0.29, 0.717) is 6.04 Å². The molecule has 0 amide bonds. The zero-order valence-electron chi connectivity index (χ0n) is 12.9. The molecule has 2 aromatic rings. The average Bonchev–Trinajstić information content (AvgIpc) is 2.50. The number of anilines is 1. The van der Waals surface area contributed by atoms with Gasteiger partial charge >= 0.3 is 0 Å². The van der Waals surface area contributed by atoms with Crippen molar-refractivity contribution in [3.05, 3.63) is 41.5 Å². The molecule has 1 fully saturated rings. The van der Waals surface area contributed by atoms with Gasteiger partial charge in [0.15, 0.2) is 5.82 Å². The first kappa shape index (κ1) is 14.0. The molecule has 2 heterocycles. The monoisotopic (exact) mass is 282 g/mol. The summed E-state index contributed by atoms with van der Waals surface area (Å²) < 4.78 is 0. The van der Waals surface area contributed by atoms with E-state index in [1.54, 1.807) is 0 Å². The van der Waals surface area contributed by atoms with E-state index in [4.69, 9.17) is 0 Å². The molecule has 0 aliphatic carbocycles. The minimum Gasteiger partial charge on any atom is -0.352 e. The SMILES string of the molecule is Cc1ccc(-c2ccc(N3CCNC(C)C3)nn2)cc1C. The fraction of sp³-hybridized carbons (Fsp3) is 0.412. The molecule has 1 saturated heterocycles. The summed E-state index contributed by atoms with van der Waals surface area (Å²) >= 11 is 0. The van der Waals surface area contributed by atoms with Crippen LogP contribution in [0.5, 0.6) is 0 Å². The van der Waals surface area contributed by atoms with E-state index >= 15 is 0 Å². The van der Waals surface area contributed by atoms with Crippen molar-refractivity contribution in [2.24, 2.45) is 0 Å². The van der Waals surface area contributed by atoms with Crippen LogP contribution in [-0.2, 0) is 0 Å². The number of benzene rings is 1. The lowest BCUT2D eigenvalue weighted by Gasteiger charge is -2.32. The van der Waals surface area contributed by atoms with Gasteiger partial charge in [0.25, 0.3) is 0 Å². The molecular weight excluding hydrogens is 260 g/mol. The zero-order chi connectivity index (χ0) is 14.8. The molecule has 1 aromatic carbocycles. The van der Waals surface area contributed by atoms with Crippen LogP contribution in [0.25, 0.3) is 11.3 Å². The Balaban J connectivity index is 1.81. The van der Waals surface area contributed by atoms with Crippen LogP contribution in [0.1, 0.15) is 18.1 Å². The van der Waals surface area contributed by atoms with Crippen LogP contribution in [0.15, 0.2) is 30.3 Å². The van der Waals surface area contributed by atoms with Gasteiger partial charge in [0, 0.05) is 31.2 Å². The normalized spacial score (nSPS) is 18.8. The van der Waals surface area contributed by atoms with E-state index in [9.17, 15) is 0 Å². The van der Waals surface area contributed by atoms with Crippen LogP contribution >= 0.6 is 0 Å². The Hall–Kier alpha value is -1.94. The minimum atomic E-state index is 0.500. The largest absolute Gasteiger partial charge is 0.352 e. The molecule has 0 saturated carbocycles. The second kappa shape index (κ2) is 5.82. The van der Waals surface area contributed by atoms with Crippen LogP contribution in [0.2, 0.25) is 0 Å². The van der Waals surface area contributed by atoms with Crippen LogP contribution in [0.3, 0.4) is 0 Å². The highest BCUT2D eigenvalue weighted by atomic mass is 15.3. The fourth-order valence-electron chi connectivity index (χ4n) is 2.69. The van der Waals surface area contributed by atoms with Crippen molar-refractivity contribution in [1.29, 1.82) is 0 Å². The number of aromatic nitrogens is 2. The molecule has 1 N–H and O–H groups in total. The maximum absolute atomic E-state index is 4.41. The fourth-order valence-corrected chi connectivity index (χ4v) is 2.69. The molecule has 1 aliphatic heterocycles. The van der Waals surface area contributed by atoms with Crippen molar-refractivity contribution in [2.45, 2.75) is 26.8 Å². The van der Waals surface area contributed by atoms with Crippen LogP contribution < -0.4 is 10.2 Å². The molecule has 4 heteroatoms. The highest BCUT2D eigenvalue weighted by molar-refractivity contribution is 5.61. The first-order valence-corrected chi connectivity index (χ1v) is 7.53. The lowest BCUT2D eigenvalue weighted by atomic mass is 10.0. The van der Waals surface area contributed by atoms with Crippen LogP contribution in [0, 0.1) is 13.8 Å². The molecule has 0 bridgehead atoms. The Labute approximate surface area is 126 Å². The van der Waals surface area contributed by atoms with Crippen molar-refractivity contribution in [3.63, 3.8) is 0 Å². The summed E-state index contributed by atoms with van der Waals surface area (Å²) in [5.74, 6) is 0.968. The van der Waals surface area contributed by atoms with Gasteiger partial charge < -0.3 is 10.2 Å². The molecular formula is C17H22N4. The third kappa shape index (κ3) is 3.05. The summed E-state index contributed by atoms with van der Waals surface area (Å²) in [5.41, 5.74) is 4.66. The van der Waals surface area contributed by atoms with Gasteiger partial charge in [0.2, 0.25) is 0 Å². The number of hydrogen-bond acceptors (Lipinski definition) is 4. The number of rotatable bonds is 2.